The van der Waals surface area contributed by atoms with Gasteiger partial charge in [0.2, 0.25) is 0 Å². The highest BCUT2D eigenvalue weighted by molar-refractivity contribution is 8.14. The number of thioether (sulfide) groups is 1. The number of hydrogen-bond donors (Lipinski definition) is 0. The number of amides is 1. The summed E-state index contributed by atoms with van der Waals surface area (Å²) in [6.45, 7) is 8.62. The molecule has 1 fully saturated rings. The van der Waals surface area contributed by atoms with Gasteiger partial charge in [-0.1, -0.05) is 49.6 Å². The largest absolute Gasteiger partial charge is 0.270 e. The molecule has 2 nitrogen and oxygen atoms in total. The minimum atomic E-state index is -0.135. The van der Waals surface area contributed by atoms with Crippen molar-refractivity contribution >= 4 is 34.3 Å². The van der Waals surface area contributed by atoms with Gasteiger partial charge in [0.05, 0.1) is 5.04 Å². The van der Waals surface area contributed by atoms with Crippen molar-refractivity contribution in [3.63, 3.8) is 0 Å². The van der Waals surface area contributed by atoms with E-state index in [1.165, 1.54) is 16.7 Å². The van der Waals surface area contributed by atoms with Crippen LogP contribution in [0.15, 0.2) is 50.5 Å². The van der Waals surface area contributed by atoms with E-state index < -0.39 is 0 Å². The molecule has 0 bridgehead atoms. The third-order valence-corrected chi connectivity index (χ3v) is 6.66. The van der Waals surface area contributed by atoms with Gasteiger partial charge in [-0.2, -0.15) is 0 Å². The second kappa shape index (κ2) is 6.68. The van der Waals surface area contributed by atoms with Gasteiger partial charge in [0.25, 0.3) is 5.91 Å². The Labute approximate surface area is 153 Å². The van der Waals surface area contributed by atoms with Crippen LogP contribution in [0.1, 0.15) is 47.0 Å². The van der Waals surface area contributed by atoms with E-state index in [0.29, 0.717) is 0 Å². The zero-order chi connectivity index (χ0) is 17.5. The highest BCUT2D eigenvalue weighted by atomic mass is 35.5. The summed E-state index contributed by atoms with van der Waals surface area (Å²) in [6.07, 6.45) is 8.98. The number of rotatable bonds is 3. The summed E-state index contributed by atoms with van der Waals surface area (Å²) in [5.74, 6) is 0.924. The van der Waals surface area contributed by atoms with Crippen LogP contribution in [-0.2, 0) is 4.79 Å². The predicted molar refractivity (Wildman–Crippen MR) is 104 cm³/mol. The summed E-state index contributed by atoms with van der Waals surface area (Å²) < 4.78 is 0. The monoisotopic (exact) mass is 361 g/mol. The Hall–Kier alpha value is -1.06. The molecule has 1 aliphatic heterocycles. The van der Waals surface area contributed by atoms with Crippen LogP contribution in [0.2, 0.25) is 0 Å². The fraction of sp³-hybridized carbons (Fsp3) is 0.500. The second-order valence-corrected chi connectivity index (χ2v) is 8.64. The third-order valence-electron chi connectivity index (χ3n) is 5.08. The van der Waals surface area contributed by atoms with Crippen molar-refractivity contribution in [1.29, 1.82) is 0 Å². The summed E-state index contributed by atoms with van der Waals surface area (Å²) in [7, 11) is 0. The van der Waals surface area contributed by atoms with Crippen LogP contribution < -0.4 is 0 Å². The van der Waals surface area contributed by atoms with Gasteiger partial charge in [-0.3, -0.25) is 4.79 Å². The minimum Gasteiger partial charge on any atom is -0.267 e. The van der Waals surface area contributed by atoms with E-state index in [9.17, 15) is 4.79 Å². The number of carbonyl (C=O) groups excluding carboxylic acids is 1. The molecule has 1 heterocycles. The van der Waals surface area contributed by atoms with Crippen molar-refractivity contribution in [1.82, 2.24) is 0 Å². The molecule has 128 valence electrons. The Morgan fingerprint density at radius 1 is 1.42 bits per heavy atom. The van der Waals surface area contributed by atoms with Gasteiger partial charge in [0.15, 0.2) is 0 Å². The number of nitrogens with zero attached hydrogens (tertiary/aromatic N) is 1. The normalized spacial score (nSPS) is 29.9. The van der Waals surface area contributed by atoms with Crippen LogP contribution in [0.4, 0.5) is 0 Å². The number of allylic oxidation sites excluding steroid dienone is 6. The summed E-state index contributed by atoms with van der Waals surface area (Å²) in [5, 5.41) is 1.76. The molecule has 4 heteroatoms. The number of carbonyl (C=O) groups is 1. The lowest BCUT2D eigenvalue weighted by molar-refractivity contribution is -0.113. The maximum absolute atomic E-state index is 11.9. The van der Waals surface area contributed by atoms with Crippen LogP contribution >= 0.6 is 23.4 Å². The first-order chi connectivity index (χ1) is 11.3. The molecular formula is C20H24ClNOS. The third kappa shape index (κ3) is 3.48. The van der Waals surface area contributed by atoms with Crippen molar-refractivity contribution in [2.24, 2.45) is 16.3 Å². The molecule has 0 radical (unpaired) electrons. The van der Waals surface area contributed by atoms with Crippen LogP contribution in [0.25, 0.3) is 0 Å². The molecule has 3 aliphatic rings. The average molecular weight is 362 g/mol. The summed E-state index contributed by atoms with van der Waals surface area (Å²) in [4.78, 5) is 16.2. The molecule has 0 aromatic carbocycles. The quantitative estimate of drug-likeness (QED) is 0.634. The first kappa shape index (κ1) is 17.8. The van der Waals surface area contributed by atoms with E-state index in [4.69, 9.17) is 11.6 Å². The number of fused-ring (bicyclic) bond motifs is 1. The van der Waals surface area contributed by atoms with Crippen LogP contribution in [0.5, 0.6) is 0 Å². The Balaban J connectivity index is 1.81. The van der Waals surface area contributed by atoms with E-state index in [1.807, 2.05) is 6.92 Å². The van der Waals surface area contributed by atoms with Crippen LogP contribution in [-0.4, -0.2) is 16.7 Å². The van der Waals surface area contributed by atoms with Crippen molar-refractivity contribution in [3.05, 3.63) is 45.6 Å². The maximum atomic E-state index is 11.9. The first-order valence-corrected chi connectivity index (χ1v) is 9.93. The Morgan fingerprint density at radius 2 is 2.17 bits per heavy atom. The molecule has 2 aliphatic carbocycles. The Morgan fingerprint density at radius 3 is 2.88 bits per heavy atom. The van der Waals surface area contributed by atoms with Crippen molar-refractivity contribution in [2.75, 3.05) is 5.75 Å². The zero-order valence-corrected chi connectivity index (χ0v) is 16.4. The SMILES string of the molecule is CCC1=C2CC2(C)C=CC(Cl)=C1CSC1=NC(=O)C=C(C)CC1C. The molecule has 3 rings (SSSR count). The second-order valence-electron chi connectivity index (χ2n) is 7.24. The molecule has 0 N–H and O–H groups in total. The first-order valence-electron chi connectivity index (χ1n) is 8.57. The van der Waals surface area contributed by atoms with Crippen LogP contribution in [0, 0.1) is 11.3 Å². The lowest BCUT2D eigenvalue weighted by Gasteiger charge is -2.16. The Bertz CT molecular complexity index is 741. The Kier molecular flexibility index (Phi) is 4.94. The molecule has 2 atom stereocenters. The number of hydrogen-bond acceptors (Lipinski definition) is 2. The highest BCUT2D eigenvalue weighted by Gasteiger charge is 2.45. The standard InChI is InChI=1S/C20H24ClNOS/c1-5-14-15(17(21)6-7-20(4)10-16(14)20)11-24-19-13(3)8-12(2)9-18(23)22-19/h6-7,9,13H,5,8,10-11H2,1-4H3. The smallest absolute Gasteiger partial charge is 0.267 e. The number of aliphatic imine (C=N–C) groups is 1. The minimum absolute atomic E-state index is 0.135. The lowest BCUT2D eigenvalue weighted by atomic mass is 10.0. The molecule has 24 heavy (non-hydrogen) atoms. The summed E-state index contributed by atoms with van der Waals surface area (Å²) >= 11 is 8.24. The summed E-state index contributed by atoms with van der Waals surface area (Å²) in [5.41, 5.74) is 5.46. The molecule has 2 unspecified atom stereocenters. The maximum Gasteiger partial charge on any atom is 0.270 e. The molecule has 0 aromatic rings. The van der Waals surface area contributed by atoms with Gasteiger partial charge in [-0.15, -0.1) is 11.8 Å². The highest BCUT2D eigenvalue weighted by Crippen LogP contribution is 2.58. The van der Waals surface area contributed by atoms with Crippen molar-refractivity contribution in [3.8, 4) is 0 Å². The van der Waals surface area contributed by atoms with E-state index in [-0.39, 0.29) is 17.2 Å². The van der Waals surface area contributed by atoms with Crippen molar-refractivity contribution < 1.29 is 4.79 Å². The van der Waals surface area contributed by atoms with Crippen molar-refractivity contribution in [2.45, 2.75) is 47.0 Å². The van der Waals surface area contributed by atoms with Gasteiger partial charge in [-0.25, -0.2) is 4.99 Å². The molecule has 1 amide bonds. The fourth-order valence-corrected chi connectivity index (χ4v) is 5.08. The molecule has 0 aromatic heterocycles. The van der Waals surface area contributed by atoms with Gasteiger partial charge < -0.3 is 0 Å². The fourth-order valence-electron chi connectivity index (χ4n) is 3.61. The average Bonchev–Trinajstić information content (AvgIpc) is 3.20. The van der Waals surface area contributed by atoms with E-state index in [1.54, 1.807) is 17.8 Å². The van der Waals surface area contributed by atoms with Crippen LogP contribution in [0.3, 0.4) is 0 Å². The summed E-state index contributed by atoms with van der Waals surface area (Å²) in [6, 6.07) is 0. The zero-order valence-electron chi connectivity index (χ0n) is 14.8. The van der Waals surface area contributed by atoms with E-state index >= 15 is 0 Å². The molecule has 0 spiro atoms. The number of halogens is 1. The van der Waals surface area contributed by atoms with Gasteiger partial charge in [-0.05, 0) is 43.4 Å². The van der Waals surface area contributed by atoms with Gasteiger partial charge >= 0.3 is 0 Å². The lowest BCUT2D eigenvalue weighted by Crippen LogP contribution is -2.09. The topological polar surface area (TPSA) is 29.4 Å². The van der Waals surface area contributed by atoms with Gasteiger partial charge in [0, 0.05) is 28.2 Å². The predicted octanol–water partition coefficient (Wildman–Crippen LogP) is 5.81. The molecule has 1 saturated carbocycles. The molecular weight excluding hydrogens is 338 g/mol. The van der Waals surface area contributed by atoms with E-state index in [2.05, 4.69) is 37.9 Å². The molecule has 0 saturated heterocycles. The van der Waals surface area contributed by atoms with Gasteiger partial charge in [0.1, 0.15) is 0 Å². The van der Waals surface area contributed by atoms with E-state index in [0.717, 1.165) is 40.7 Å².